The summed E-state index contributed by atoms with van der Waals surface area (Å²) in [5, 5.41) is 7.80. The number of guanidine groups is 1. The average molecular weight is 453 g/mol. The summed E-state index contributed by atoms with van der Waals surface area (Å²) in [6.07, 6.45) is 0. The standard InChI is InChI=1S/C16H31N5S.HI/c1-11(2)21(12(3)4)9-8-18-16(17-7)19-10-15-20-13(5)14(6)22-15;/h11-12H,8-10H2,1-7H3,(H2,17,18,19);1H. The Morgan fingerprint density at radius 2 is 1.78 bits per heavy atom. The molecule has 0 saturated carbocycles. The summed E-state index contributed by atoms with van der Waals surface area (Å²) in [5.74, 6) is 0.831. The molecule has 23 heavy (non-hydrogen) atoms. The van der Waals surface area contributed by atoms with Gasteiger partial charge in [0.05, 0.1) is 12.2 Å². The Balaban J connectivity index is 0.00000484. The second-order valence-electron chi connectivity index (χ2n) is 6.03. The lowest BCUT2D eigenvalue weighted by atomic mass is 10.2. The normalized spacial score (nSPS) is 12.0. The molecule has 0 amide bonds. The minimum Gasteiger partial charge on any atom is -0.355 e. The first kappa shape index (κ1) is 22.6. The van der Waals surface area contributed by atoms with Crippen molar-refractivity contribution in [3.63, 3.8) is 0 Å². The Hall–Kier alpha value is -0.410. The maximum Gasteiger partial charge on any atom is 0.191 e. The first-order valence-electron chi connectivity index (χ1n) is 7.98. The fourth-order valence-corrected chi connectivity index (χ4v) is 3.28. The van der Waals surface area contributed by atoms with Gasteiger partial charge in [-0.25, -0.2) is 4.98 Å². The van der Waals surface area contributed by atoms with Crippen molar-refractivity contribution in [1.29, 1.82) is 0 Å². The van der Waals surface area contributed by atoms with Crippen LogP contribution in [0.2, 0.25) is 0 Å². The van der Waals surface area contributed by atoms with E-state index in [1.807, 2.05) is 0 Å². The van der Waals surface area contributed by atoms with Gasteiger partial charge >= 0.3 is 0 Å². The number of aliphatic imine (C=N–C) groups is 1. The summed E-state index contributed by atoms with van der Waals surface area (Å²) >= 11 is 1.74. The Bertz CT molecular complexity index is 457. The molecule has 0 saturated heterocycles. The van der Waals surface area contributed by atoms with Gasteiger partial charge in [0.25, 0.3) is 0 Å². The zero-order chi connectivity index (χ0) is 16.7. The molecule has 2 N–H and O–H groups in total. The Morgan fingerprint density at radius 3 is 2.22 bits per heavy atom. The number of halogens is 1. The first-order valence-corrected chi connectivity index (χ1v) is 8.80. The van der Waals surface area contributed by atoms with E-state index in [0.29, 0.717) is 12.1 Å². The number of nitrogens with one attached hydrogen (secondary N) is 2. The second kappa shape index (κ2) is 11.2. The molecule has 0 aliphatic heterocycles. The molecule has 1 aromatic heterocycles. The zero-order valence-corrected chi connectivity index (χ0v) is 18.6. The van der Waals surface area contributed by atoms with Crippen LogP contribution in [-0.2, 0) is 6.54 Å². The molecule has 0 spiro atoms. The number of hydrogen-bond acceptors (Lipinski definition) is 4. The van der Waals surface area contributed by atoms with Crippen molar-refractivity contribution >= 4 is 41.3 Å². The van der Waals surface area contributed by atoms with Crippen molar-refractivity contribution in [3.05, 3.63) is 15.6 Å². The van der Waals surface area contributed by atoms with E-state index in [4.69, 9.17) is 0 Å². The summed E-state index contributed by atoms with van der Waals surface area (Å²) in [4.78, 5) is 12.6. The zero-order valence-electron chi connectivity index (χ0n) is 15.4. The van der Waals surface area contributed by atoms with E-state index >= 15 is 0 Å². The number of aryl methyl sites for hydroxylation is 2. The van der Waals surface area contributed by atoms with Crippen LogP contribution in [0.25, 0.3) is 0 Å². The molecule has 1 rings (SSSR count). The van der Waals surface area contributed by atoms with Crippen LogP contribution >= 0.6 is 35.3 Å². The van der Waals surface area contributed by atoms with Gasteiger partial charge in [-0.1, -0.05) is 0 Å². The summed E-state index contributed by atoms with van der Waals surface area (Å²) in [6.45, 7) is 15.7. The number of thiazole rings is 1. The van der Waals surface area contributed by atoms with Crippen molar-refractivity contribution in [1.82, 2.24) is 20.5 Å². The SMILES string of the molecule is CN=C(NCCN(C(C)C)C(C)C)NCc1nc(C)c(C)s1.I. The second-order valence-corrected chi connectivity index (χ2v) is 7.31. The highest BCUT2D eigenvalue weighted by Gasteiger charge is 2.12. The Morgan fingerprint density at radius 1 is 1.17 bits per heavy atom. The van der Waals surface area contributed by atoms with E-state index < -0.39 is 0 Å². The minimum atomic E-state index is 0. The van der Waals surface area contributed by atoms with Crippen LogP contribution in [0, 0.1) is 13.8 Å². The molecule has 0 atom stereocenters. The molecule has 0 bridgehead atoms. The predicted molar refractivity (Wildman–Crippen MR) is 112 cm³/mol. The van der Waals surface area contributed by atoms with Crippen LogP contribution in [0.4, 0.5) is 0 Å². The Labute approximate surface area is 162 Å². The van der Waals surface area contributed by atoms with Gasteiger partial charge in [0, 0.05) is 37.1 Å². The molecule has 0 aliphatic rings. The molecule has 1 aromatic rings. The summed E-state index contributed by atoms with van der Waals surface area (Å²) < 4.78 is 0. The summed E-state index contributed by atoms with van der Waals surface area (Å²) in [6, 6.07) is 1.11. The van der Waals surface area contributed by atoms with E-state index in [2.05, 4.69) is 67.1 Å². The third-order valence-corrected chi connectivity index (χ3v) is 4.77. The smallest absolute Gasteiger partial charge is 0.191 e. The highest BCUT2D eigenvalue weighted by Crippen LogP contribution is 2.15. The fourth-order valence-electron chi connectivity index (χ4n) is 2.41. The molecular formula is C16H32IN5S. The fraction of sp³-hybridized carbons (Fsp3) is 0.750. The predicted octanol–water partition coefficient (Wildman–Crippen LogP) is 3.16. The molecule has 1 heterocycles. The quantitative estimate of drug-likeness (QED) is 0.379. The number of hydrogen-bond donors (Lipinski definition) is 2. The lowest BCUT2D eigenvalue weighted by Crippen LogP contribution is -2.45. The van der Waals surface area contributed by atoms with Gasteiger partial charge in [-0.05, 0) is 41.5 Å². The molecule has 134 valence electrons. The van der Waals surface area contributed by atoms with Gasteiger partial charge in [-0.3, -0.25) is 9.89 Å². The van der Waals surface area contributed by atoms with Crippen LogP contribution in [0.3, 0.4) is 0 Å². The van der Waals surface area contributed by atoms with Gasteiger partial charge in [-0.15, -0.1) is 35.3 Å². The van der Waals surface area contributed by atoms with Crippen molar-refractivity contribution < 1.29 is 0 Å². The molecule has 0 aliphatic carbocycles. The van der Waals surface area contributed by atoms with Crippen LogP contribution < -0.4 is 10.6 Å². The molecule has 5 nitrogen and oxygen atoms in total. The Kier molecular flexibility index (Phi) is 11.0. The van der Waals surface area contributed by atoms with Crippen molar-refractivity contribution in [2.45, 2.75) is 60.2 Å². The van der Waals surface area contributed by atoms with Gasteiger partial charge in [-0.2, -0.15) is 0 Å². The van der Waals surface area contributed by atoms with E-state index in [1.165, 1.54) is 4.88 Å². The average Bonchev–Trinajstić information content (AvgIpc) is 2.76. The molecule has 0 radical (unpaired) electrons. The molecule has 0 unspecified atom stereocenters. The monoisotopic (exact) mass is 453 g/mol. The highest BCUT2D eigenvalue weighted by molar-refractivity contribution is 14.0. The van der Waals surface area contributed by atoms with Gasteiger partial charge < -0.3 is 10.6 Å². The third-order valence-electron chi connectivity index (χ3n) is 3.69. The van der Waals surface area contributed by atoms with Crippen LogP contribution in [-0.4, -0.2) is 48.1 Å². The van der Waals surface area contributed by atoms with E-state index in [9.17, 15) is 0 Å². The largest absolute Gasteiger partial charge is 0.355 e. The van der Waals surface area contributed by atoms with Crippen LogP contribution in [0.15, 0.2) is 4.99 Å². The molecule has 7 heteroatoms. The number of rotatable bonds is 7. The number of aromatic nitrogens is 1. The molecule has 0 aromatic carbocycles. The topological polar surface area (TPSA) is 52.6 Å². The lowest BCUT2D eigenvalue weighted by Gasteiger charge is -2.30. The van der Waals surface area contributed by atoms with E-state index in [0.717, 1.165) is 36.3 Å². The minimum absolute atomic E-state index is 0. The van der Waals surface area contributed by atoms with Crippen LogP contribution in [0.5, 0.6) is 0 Å². The van der Waals surface area contributed by atoms with Crippen molar-refractivity contribution in [2.75, 3.05) is 20.1 Å². The highest BCUT2D eigenvalue weighted by atomic mass is 127. The summed E-state index contributed by atoms with van der Waals surface area (Å²) in [5.41, 5.74) is 1.12. The van der Waals surface area contributed by atoms with Gasteiger partial charge in [0.15, 0.2) is 5.96 Å². The van der Waals surface area contributed by atoms with Gasteiger partial charge in [0.1, 0.15) is 5.01 Å². The van der Waals surface area contributed by atoms with E-state index in [1.54, 1.807) is 18.4 Å². The van der Waals surface area contributed by atoms with Crippen LogP contribution in [0.1, 0.15) is 43.3 Å². The van der Waals surface area contributed by atoms with Gasteiger partial charge in [0.2, 0.25) is 0 Å². The third kappa shape index (κ3) is 7.80. The number of nitrogens with zero attached hydrogens (tertiary/aromatic N) is 3. The molecule has 0 fully saturated rings. The van der Waals surface area contributed by atoms with Crippen molar-refractivity contribution in [2.24, 2.45) is 4.99 Å². The first-order chi connectivity index (χ1) is 10.3. The summed E-state index contributed by atoms with van der Waals surface area (Å²) in [7, 11) is 1.80. The van der Waals surface area contributed by atoms with E-state index in [-0.39, 0.29) is 24.0 Å². The maximum absolute atomic E-state index is 4.54. The maximum atomic E-state index is 4.54. The molecular weight excluding hydrogens is 421 g/mol. The van der Waals surface area contributed by atoms with Crippen molar-refractivity contribution in [3.8, 4) is 0 Å². The lowest BCUT2D eigenvalue weighted by molar-refractivity contribution is 0.178.